The minimum atomic E-state index is -4.50. The Balaban J connectivity index is 0. The van der Waals surface area contributed by atoms with E-state index in [0.29, 0.717) is 6.42 Å². The average molecular weight is 399 g/mol. The topological polar surface area (TPSA) is 66.4 Å². The third-order valence-electron chi connectivity index (χ3n) is 4.38. The maximum absolute atomic E-state index is 10.2. The fraction of sp³-hybridized carbons (Fsp3) is 0.900. The first-order valence-electron chi connectivity index (χ1n) is 10.3. The van der Waals surface area contributed by atoms with Gasteiger partial charge in [0.2, 0.25) is 10.4 Å². The number of unbranched alkanes of at least 4 members (excludes halogenated alkanes) is 14. The summed E-state index contributed by atoms with van der Waals surface area (Å²) in [6.07, 6.45) is 24.3. The third-order valence-corrected chi connectivity index (χ3v) is 4.84. The molecule has 0 spiro atoms. The maximum atomic E-state index is 10.2. The van der Waals surface area contributed by atoms with E-state index >= 15 is 0 Å². The molecule has 6 heteroatoms. The van der Waals surface area contributed by atoms with Crippen molar-refractivity contribution < 1.29 is 46.7 Å². The summed E-state index contributed by atoms with van der Waals surface area (Å²) in [7, 11) is -4.50. The van der Waals surface area contributed by atoms with Crippen LogP contribution in [0.3, 0.4) is 0 Å². The van der Waals surface area contributed by atoms with Crippen molar-refractivity contribution in [2.24, 2.45) is 0 Å². The molecule has 4 nitrogen and oxygen atoms in total. The summed E-state index contributed by atoms with van der Waals surface area (Å²) < 4.78 is 34.9. The van der Waals surface area contributed by atoms with Crippen LogP contribution in [-0.2, 0) is 14.6 Å². The predicted octanol–water partition coefficient (Wildman–Crippen LogP) is 3.28. The molecule has 0 saturated carbocycles. The van der Waals surface area contributed by atoms with Crippen molar-refractivity contribution in [1.29, 1.82) is 0 Å². The fourth-order valence-electron chi connectivity index (χ4n) is 2.86. The minimum absolute atomic E-state index is 0. The quantitative estimate of drug-likeness (QED) is 0.110. The number of hydrogen-bond acceptors (Lipinski definition) is 4. The molecule has 0 amide bonds. The van der Waals surface area contributed by atoms with Gasteiger partial charge in [-0.25, -0.2) is 8.42 Å². The first-order valence-corrected chi connectivity index (χ1v) is 11.6. The standard InChI is InChI=1S/C20H40O4S.Na/c1-2-3-4-5-6-7-8-9-10-11-12-13-14-15-16-17-18-19-20-24-25(21,22)23;/h11-12H,2-10,13-20H2,1H3,(H,21,22,23);/q;+1/p-1/b12-11-;. The van der Waals surface area contributed by atoms with Crippen LogP contribution in [0.1, 0.15) is 110 Å². The van der Waals surface area contributed by atoms with E-state index in [2.05, 4.69) is 23.3 Å². The summed E-state index contributed by atoms with van der Waals surface area (Å²) in [5.74, 6) is 0. The van der Waals surface area contributed by atoms with Gasteiger partial charge in [-0.1, -0.05) is 89.7 Å². The Labute approximate surface area is 184 Å². The van der Waals surface area contributed by atoms with Gasteiger partial charge in [-0.2, -0.15) is 0 Å². The van der Waals surface area contributed by atoms with E-state index < -0.39 is 10.4 Å². The zero-order valence-corrected chi connectivity index (χ0v) is 20.0. The van der Waals surface area contributed by atoms with Crippen LogP contribution in [0.4, 0.5) is 0 Å². The summed E-state index contributed by atoms with van der Waals surface area (Å²) in [6, 6.07) is 0. The normalized spacial score (nSPS) is 11.8. The van der Waals surface area contributed by atoms with Gasteiger partial charge < -0.3 is 4.55 Å². The number of allylic oxidation sites excluding steroid dienone is 2. The van der Waals surface area contributed by atoms with Gasteiger partial charge in [0.05, 0.1) is 6.61 Å². The summed E-state index contributed by atoms with van der Waals surface area (Å²) in [4.78, 5) is 0. The Morgan fingerprint density at radius 2 is 1.08 bits per heavy atom. The van der Waals surface area contributed by atoms with Crippen LogP contribution >= 0.6 is 0 Å². The van der Waals surface area contributed by atoms with Crippen molar-refractivity contribution in [2.75, 3.05) is 6.61 Å². The van der Waals surface area contributed by atoms with Gasteiger partial charge in [0.25, 0.3) is 0 Å². The van der Waals surface area contributed by atoms with Crippen molar-refractivity contribution in [3.05, 3.63) is 12.2 Å². The molecule has 150 valence electrons. The molecule has 0 atom stereocenters. The van der Waals surface area contributed by atoms with Gasteiger partial charge in [0.1, 0.15) is 0 Å². The van der Waals surface area contributed by atoms with Gasteiger partial charge >= 0.3 is 29.6 Å². The zero-order chi connectivity index (χ0) is 18.6. The Hall–Kier alpha value is 0.610. The largest absolute Gasteiger partial charge is 1.00 e. The smallest absolute Gasteiger partial charge is 0.726 e. The van der Waals surface area contributed by atoms with Crippen molar-refractivity contribution >= 4 is 10.4 Å². The second-order valence-corrected chi connectivity index (χ2v) is 7.93. The molecule has 0 heterocycles. The molecule has 0 aliphatic carbocycles. The van der Waals surface area contributed by atoms with Crippen LogP contribution < -0.4 is 29.6 Å². The maximum Gasteiger partial charge on any atom is 1.00 e. The number of rotatable bonds is 19. The van der Waals surface area contributed by atoms with Crippen LogP contribution in [0.5, 0.6) is 0 Å². The number of hydrogen-bond donors (Lipinski definition) is 0. The molecule has 26 heavy (non-hydrogen) atoms. The zero-order valence-electron chi connectivity index (χ0n) is 17.2. The summed E-state index contributed by atoms with van der Waals surface area (Å²) in [5, 5.41) is 0. The monoisotopic (exact) mass is 398 g/mol. The van der Waals surface area contributed by atoms with Gasteiger partial charge in [-0.05, 0) is 32.1 Å². The summed E-state index contributed by atoms with van der Waals surface area (Å²) in [5.41, 5.74) is 0. The van der Waals surface area contributed by atoms with E-state index in [1.54, 1.807) is 0 Å². The molecule has 0 saturated heterocycles. The molecular weight excluding hydrogens is 359 g/mol. The fourth-order valence-corrected chi connectivity index (χ4v) is 3.19. The van der Waals surface area contributed by atoms with E-state index in [1.807, 2.05) is 0 Å². The van der Waals surface area contributed by atoms with E-state index in [1.165, 1.54) is 70.6 Å². The van der Waals surface area contributed by atoms with Crippen LogP contribution in [-0.4, -0.2) is 19.6 Å². The molecular formula is C20H39NaO4S. The average Bonchev–Trinajstić information content (AvgIpc) is 2.56. The van der Waals surface area contributed by atoms with Crippen molar-refractivity contribution in [3.63, 3.8) is 0 Å². The van der Waals surface area contributed by atoms with Crippen LogP contribution in [0.2, 0.25) is 0 Å². The van der Waals surface area contributed by atoms with Crippen molar-refractivity contribution in [2.45, 2.75) is 110 Å². The first-order chi connectivity index (χ1) is 12.1. The Bertz CT molecular complexity index is 397. The molecule has 0 rings (SSSR count). The van der Waals surface area contributed by atoms with Crippen molar-refractivity contribution in [3.8, 4) is 0 Å². The SMILES string of the molecule is CCCCCCCCCC/C=C\CCCCCCCCOS(=O)(=O)[O-].[Na+]. The third kappa shape index (κ3) is 26.8. The molecule has 0 bridgehead atoms. The van der Waals surface area contributed by atoms with Gasteiger partial charge in [0, 0.05) is 0 Å². The van der Waals surface area contributed by atoms with Crippen LogP contribution in [0.15, 0.2) is 12.2 Å². The summed E-state index contributed by atoms with van der Waals surface area (Å²) in [6.45, 7) is 2.28. The van der Waals surface area contributed by atoms with Gasteiger partial charge in [0.15, 0.2) is 0 Å². The molecule has 0 radical (unpaired) electrons. The van der Waals surface area contributed by atoms with E-state index in [-0.39, 0.29) is 36.2 Å². The minimum Gasteiger partial charge on any atom is -0.726 e. The molecule has 0 fully saturated rings. The predicted molar refractivity (Wildman–Crippen MR) is 104 cm³/mol. The Morgan fingerprint density at radius 1 is 0.692 bits per heavy atom. The first kappa shape index (κ1) is 28.8. The second-order valence-electron chi connectivity index (χ2n) is 6.88. The van der Waals surface area contributed by atoms with E-state index in [9.17, 15) is 13.0 Å². The Morgan fingerprint density at radius 3 is 1.50 bits per heavy atom. The van der Waals surface area contributed by atoms with E-state index in [4.69, 9.17) is 0 Å². The second kappa shape index (κ2) is 21.9. The molecule has 0 aromatic rings. The molecule has 0 aliphatic rings. The van der Waals surface area contributed by atoms with Gasteiger partial charge in [-0.3, -0.25) is 4.18 Å². The molecule has 0 N–H and O–H groups in total. The van der Waals surface area contributed by atoms with Crippen molar-refractivity contribution in [1.82, 2.24) is 0 Å². The Kier molecular flexibility index (Phi) is 24.3. The molecule has 0 unspecified atom stereocenters. The van der Waals surface area contributed by atoms with Gasteiger partial charge in [-0.15, -0.1) is 0 Å². The van der Waals surface area contributed by atoms with Crippen LogP contribution in [0.25, 0.3) is 0 Å². The summed E-state index contributed by atoms with van der Waals surface area (Å²) >= 11 is 0. The van der Waals surface area contributed by atoms with Crippen LogP contribution in [0, 0.1) is 0 Å². The molecule has 0 aromatic carbocycles. The molecule has 0 aromatic heterocycles. The van der Waals surface area contributed by atoms with E-state index in [0.717, 1.165) is 25.7 Å². The molecule has 0 aliphatic heterocycles.